The van der Waals surface area contributed by atoms with E-state index in [-0.39, 0.29) is 5.91 Å². The molecule has 5 heteroatoms. The lowest BCUT2D eigenvalue weighted by Gasteiger charge is -1.94. The van der Waals surface area contributed by atoms with Gasteiger partial charge in [0.25, 0.3) is 0 Å². The Labute approximate surface area is 109 Å². The van der Waals surface area contributed by atoms with Crippen molar-refractivity contribution in [1.82, 2.24) is 4.98 Å². The zero-order valence-corrected chi connectivity index (χ0v) is 11.0. The van der Waals surface area contributed by atoms with Crippen LogP contribution in [0.15, 0.2) is 41.9 Å². The van der Waals surface area contributed by atoms with Crippen molar-refractivity contribution < 1.29 is 4.79 Å². The van der Waals surface area contributed by atoms with Crippen LogP contribution >= 0.6 is 22.9 Å². The smallest absolute Gasteiger partial charge is 0.225 e. The number of nitrogens with zero attached hydrogens (tertiary/aromatic N) is 1. The number of nitrogens with one attached hydrogen (secondary N) is 1. The molecule has 1 aromatic carbocycles. The molecule has 0 unspecified atom stereocenters. The molecule has 0 spiro atoms. The van der Waals surface area contributed by atoms with Crippen molar-refractivity contribution in [2.24, 2.45) is 0 Å². The Kier molecular flexibility index (Phi) is 6.29. The van der Waals surface area contributed by atoms with E-state index < -0.39 is 0 Å². The SMILES string of the molecule is CCC(=O)Nc1nccs1.Clc1ccccc1. The molecule has 1 N–H and O–H groups in total. The van der Waals surface area contributed by atoms with Crippen LogP contribution in [0.1, 0.15) is 13.3 Å². The lowest BCUT2D eigenvalue weighted by atomic mass is 10.4. The average Bonchev–Trinajstić information content (AvgIpc) is 2.83. The summed E-state index contributed by atoms with van der Waals surface area (Å²) in [6, 6.07) is 9.44. The number of carbonyl (C=O) groups is 1. The molecular formula is C12H13ClN2OS. The highest BCUT2D eigenvalue weighted by Gasteiger charge is 1.98. The van der Waals surface area contributed by atoms with Gasteiger partial charge >= 0.3 is 0 Å². The van der Waals surface area contributed by atoms with Crippen molar-refractivity contribution in [3.8, 4) is 0 Å². The molecule has 1 amide bonds. The zero-order chi connectivity index (χ0) is 12.5. The summed E-state index contributed by atoms with van der Waals surface area (Å²) in [5.41, 5.74) is 0. The Hall–Kier alpha value is -1.39. The summed E-state index contributed by atoms with van der Waals surface area (Å²) in [4.78, 5) is 14.6. The maximum absolute atomic E-state index is 10.7. The summed E-state index contributed by atoms with van der Waals surface area (Å²) in [5, 5.41) is 5.93. The lowest BCUT2D eigenvalue weighted by molar-refractivity contribution is -0.115. The van der Waals surface area contributed by atoms with Gasteiger partial charge in [0, 0.05) is 23.0 Å². The van der Waals surface area contributed by atoms with Crippen LogP contribution in [0.3, 0.4) is 0 Å². The summed E-state index contributed by atoms with van der Waals surface area (Å²) in [5.74, 6) is 0.00921. The second-order valence-corrected chi connectivity index (χ2v) is 4.37. The summed E-state index contributed by atoms with van der Waals surface area (Å²) in [7, 11) is 0. The van der Waals surface area contributed by atoms with Gasteiger partial charge in [-0.1, -0.05) is 36.7 Å². The number of carbonyl (C=O) groups excluding carboxylic acids is 1. The number of halogens is 1. The van der Waals surface area contributed by atoms with E-state index in [0.29, 0.717) is 11.6 Å². The third-order valence-electron chi connectivity index (χ3n) is 1.73. The fourth-order valence-electron chi connectivity index (χ4n) is 0.907. The van der Waals surface area contributed by atoms with Crippen molar-refractivity contribution in [3.63, 3.8) is 0 Å². The minimum absolute atomic E-state index is 0.00921. The van der Waals surface area contributed by atoms with Crippen molar-refractivity contribution in [2.45, 2.75) is 13.3 Å². The Balaban J connectivity index is 0.000000181. The van der Waals surface area contributed by atoms with Gasteiger partial charge in [0.2, 0.25) is 5.91 Å². The highest BCUT2D eigenvalue weighted by molar-refractivity contribution is 7.13. The van der Waals surface area contributed by atoms with E-state index in [9.17, 15) is 4.79 Å². The highest BCUT2D eigenvalue weighted by atomic mass is 35.5. The third kappa shape index (κ3) is 6.04. The molecule has 0 saturated carbocycles. The molecule has 0 fully saturated rings. The normalized spacial score (nSPS) is 9.06. The van der Waals surface area contributed by atoms with Gasteiger partial charge in [0.05, 0.1) is 0 Å². The van der Waals surface area contributed by atoms with Crippen LogP contribution < -0.4 is 5.32 Å². The van der Waals surface area contributed by atoms with Crippen LogP contribution in [0.4, 0.5) is 5.13 Å². The molecule has 2 aromatic rings. The van der Waals surface area contributed by atoms with E-state index in [1.54, 1.807) is 6.20 Å². The first kappa shape index (κ1) is 13.7. The topological polar surface area (TPSA) is 42.0 Å². The monoisotopic (exact) mass is 268 g/mol. The Morgan fingerprint density at radius 2 is 2.12 bits per heavy atom. The van der Waals surface area contributed by atoms with Gasteiger partial charge in [-0.05, 0) is 12.1 Å². The number of benzene rings is 1. The highest BCUT2D eigenvalue weighted by Crippen LogP contribution is 2.09. The quantitative estimate of drug-likeness (QED) is 0.899. The number of aromatic nitrogens is 1. The number of thiazole rings is 1. The number of hydrogen-bond donors (Lipinski definition) is 1. The molecule has 0 aliphatic heterocycles. The second kappa shape index (κ2) is 7.81. The fourth-order valence-corrected chi connectivity index (χ4v) is 1.60. The number of rotatable bonds is 2. The summed E-state index contributed by atoms with van der Waals surface area (Å²) < 4.78 is 0. The van der Waals surface area contributed by atoms with Crippen molar-refractivity contribution in [3.05, 3.63) is 46.9 Å². The predicted octanol–water partition coefficient (Wildman–Crippen LogP) is 3.83. The van der Waals surface area contributed by atoms with Gasteiger partial charge in [-0.3, -0.25) is 4.79 Å². The van der Waals surface area contributed by atoms with Gasteiger partial charge in [0.1, 0.15) is 0 Å². The molecule has 0 saturated heterocycles. The van der Waals surface area contributed by atoms with Crippen LogP contribution in [0.25, 0.3) is 0 Å². The molecule has 17 heavy (non-hydrogen) atoms. The van der Waals surface area contributed by atoms with E-state index in [0.717, 1.165) is 5.02 Å². The molecule has 0 bridgehead atoms. The minimum Gasteiger partial charge on any atom is -0.302 e. The van der Waals surface area contributed by atoms with E-state index in [2.05, 4.69) is 10.3 Å². The Morgan fingerprint density at radius 1 is 1.41 bits per heavy atom. The van der Waals surface area contributed by atoms with Gasteiger partial charge in [0.15, 0.2) is 5.13 Å². The van der Waals surface area contributed by atoms with E-state index >= 15 is 0 Å². The van der Waals surface area contributed by atoms with Gasteiger partial charge in [-0.25, -0.2) is 4.98 Å². The average molecular weight is 269 g/mol. The lowest BCUT2D eigenvalue weighted by Crippen LogP contribution is -2.08. The van der Waals surface area contributed by atoms with E-state index in [4.69, 9.17) is 11.6 Å². The molecule has 0 radical (unpaired) electrons. The molecule has 0 aliphatic rings. The van der Waals surface area contributed by atoms with Gasteiger partial charge in [-0.15, -0.1) is 11.3 Å². The largest absolute Gasteiger partial charge is 0.302 e. The molecule has 3 nitrogen and oxygen atoms in total. The van der Waals surface area contributed by atoms with Crippen LogP contribution in [0.2, 0.25) is 5.02 Å². The maximum Gasteiger partial charge on any atom is 0.225 e. The van der Waals surface area contributed by atoms with Crippen molar-refractivity contribution >= 4 is 34.0 Å². The summed E-state index contributed by atoms with van der Waals surface area (Å²) >= 11 is 6.96. The van der Waals surface area contributed by atoms with Gasteiger partial charge in [-0.2, -0.15) is 0 Å². The summed E-state index contributed by atoms with van der Waals surface area (Å²) in [6.45, 7) is 1.81. The molecular weight excluding hydrogens is 256 g/mol. The van der Waals surface area contributed by atoms with E-state index in [1.807, 2.05) is 42.6 Å². The van der Waals surface area contributed by atoms with Crippen LogP contribution in [0.5, 0.6) is 0 Å². The number of amides is 1. The number of anilines is 1. The van der Waals surface area contributed by atoms with Gasteiger partial charge < -0.3 is 5.32 Å². The second-order valence-electron chi connectivity index (χ2n) is 3.03. The first-order valence-electron chi connectivity index (χ1n) is 5.12. The molecule has 0 atom stereocenters. The standard InChI is InChI=1S/C6H5Cl.C6H8N2OS/c7-6-4-2-1-3-5-6;1-2-5(9)8-6-7-3-4-10-6/h1-5H;3-4H,2H2,1H3,(H,7,8,9). The molecule has 90 valence electrons. The number of hydrogen-bond acceptors (Lipinski definition) is 3. The molecule has 1 aromatic heterocycles. The fraction of sp³-hybridized carbons (Fsp3) is 0.167. The molecule has 0 aliphatic carbocycles. The third-order valence-corrected chi connectivity index (χ3v) is 2.67. The molecule has 2 rings (SSSR count). The van der Waals surface area contributed by atoms with Crippen LogP contribution in [-0.4, -0.2) is 10.9 Å². The minimum atomic E-state index is 0.00921. The van der Waals surface area contributed by atoms with Crippen LogP contribution in [-0.2, 0) is 4.79 Å². The van der Waals surface area contributed by atoms with Crippen LogP contribution in [0, 0.1) is 0 Å². The predicted molar refractivity (Wildman–Crippen MR) is 72.5 cm³/mol. The summed E-state index contributed by atoms with van der Waals surface area (Å²) in [6.07, 6.45) is 2.16. The maximum atomic E-state index is 10.7. The first-order chi connectivity index (χ1) is 8.22. The van der Waals surface area contributed by atoms with E-state index in [1.165, 1.54) is 11.3 Å². The Bertz CT molecular complexity index is 431. The Morgan fingerprint density at radius 3 is 2.53 bits per heavy atom. The van der Waals surface area contributed by atoms with Crippen molar-refractivity contribution in [1.29, 1.82) is 0 Å². The first-order valence-corrected chi connectivity index (χ1v) is 6.38. The zero-order valence-electron chi connectivity index (χ0n) is 9.39. The molecule has 1 heterocycles. The van der Waals surface area contributed by atoms with Crippen molar-refractivity contribution in [2.75, 3.05) is 5.32 Å².